The van der Waals surface area contributed by atoms with Crippen molar-refractivity contribution in [1.82, 2.24) is 15.1 Å². The topological polar surface area (TPSA) is 63.4 Å². The molecule has 142 valence electrons. The molecule has 0 spiro atoms. The molecule has 1 aromatic heterocycles. The Morgan fingerprint density at radius 2 is 2.04 bits per heavy atom. The quantitative estimate of drug-likeness (QED) is 0.572. The van der Waals surface area contributed by atoms with E-state index in [1.54, 1.807) is 4.68 Å². The Bertz CT molecular complexity index is 767. The van der Waals surface area contributed by atoms with Gasteiger partial charge >= 0.3 is 0 Å². The lowest BCUT2D eigenvalue weighted by molar-refractivity contribution is -0.895. The molecule has 1 unspecified atom stereocenters. The van der Waals surface area contributed by atoms with Crippen LogP contribution in [-0.4, -0.2) is 35.8 Å². The average molecular weight is 395 g/mol. The molecule has 2 aromatic rings. The number of amides is 1. The van der Waals surface area contributed by atoms with Crippen LogP contribution in [0, 0.1) is 3.95 Å². The molecule has 0 saturated heterocycles. The zero-order valence-corrected chi connectivity index (χ0v) is 17.5. The number of hydrogen-bond donors (Lipinski definition) is 3. The van der Waals surface area contributed by atoms with E-state index < -0.39 is 0 Å². The molecular weight excluding hydrogens is 366 g/mol. The summed E-state index contributed by atoms with van der Waals surface area (Å²) >= 11 is 6.85. The summed E-state index contributed by atoms with van der Waals surface area (Å²) in [5.41, 5.74) is 2.30. The van der Waals surface area contributed by atoms with Gasteiger partial charge in [-0.05, 0) is 42.3 Å². The molecule has 0 fully saturated rings. The van der Waals surface area contributed by atoms with Crippen molar-refractivity contribution in [3.63, 3.8) is 0 Å². The largest absolute Gasteiger partial charge is 0.351 e. The molecule has 2 rings (SSSR count). The van der Waals surface area contributed by atoms with Gasteiger partial charge in [0.1, 0.15) is 0 Å². The van der Waals surface area contributed by atoms with Crippen molar-refractivity contribution in [2.24, 2.45) is 0 Å². The lowest BCUT2D eigenvalue weighted by atomic mass is 10.0. The third kappa shape index (κ3) is 6.19. The van der Waals surface area contributed by atoms with Crippen molar-refractivity contribution in [2.45, 2.75) is 39.8 Å². The van der Waals surface area contributed by atoms with E-state index in [1.807, 2.05) is 14.0 Å². The van der Waals surface area contributed by atoms with Crippen LogP contribution in [0.1, 0.15) is 38.7 Å². The van der Waals surface area contributed by atoms with Crippen LogP contribution >= 0.6 is 23.6 Å². The Morgan fingerprint density at radius 3 is 2.65 bits per heavy atom. The van der Waals surface area contributed by atoms with E-state index in [4.69, 9.17) is 12.2 Å². The number of nitrogens with zero attached hydrogens (tertiary/aromatic N) is 2. The summed E-state index contributed by atoms with van der Waals surface area (Å²) in [6.45, 7) is 8.07. The van der Waals surface area contributed by atoms with Crippen molar-refractivity contribution in [2.75, 3.05) is 25.5 Å². The van der Waals surface area contributed by atoms with Crippen LogP contribution in [0.4, 0.5) is 10.8 Å². The van der Waals surface area contributed by atoms with E-state index in [0.29, 0.717) is 29.6 Å². The number of nitrogens with one attached hydrogen (secondary N) is 3. The molecule has 0 aliphatic rings. The highest BCUT2D eigenvalue weighted by atomic mass is 32.1. The summed E-state index contributed by atoms with van der Waals surface area (Å²) < 4.78 is 2.47. The van der Waals surface area contributed by atoms with Gasteiger partial charge in [0.05, 0.1) is 7.05 Å². The molecule has 8 heteroatoms. The Balaban J connectivity index is 1.95. The number of quaternary nitrogens is 1. The summed E-state index contributed by atoms with van der Waals surface area (Å²) in [6.07, 6.45) is 0.940. The summed E-state index contributed by atoms with van der Waals surface area (Å²) in [6, 6.07) is 8.35. The van der Waals surface area contributed by atoms with E-state index in [1.165, 1.54) is 16.9 Å². The maximum atomic E-state index is 11.8. The minimum atomic E-state index is 0.0506. The Morgan fingerprint density at radius 1 is 1.35 bits per heavy atom. The molecule has 0 saturated carbocycles. The number of likely N-dealkylation sites (N-methyl/N-ethyl adjacent to an activating group) is 1. The van der Waals surface area contributed by atoms with Crippen molar-refractivity contribution >= 4 is 40.3 Å². The van der Waals surface area contributed by atoms with Crippen LogP contribution < -0.4 is 15.5 Å². The van der Waals surface area contributed by atoms with E-state index in [-0.39, 0.29) is 5.91 Å². The minimum Gasteiger partial charge on any atom is -0.351 e. The fourth-order valence-electron chi connectivity index (χ4n) is 2.44. The van der Waals surface area contributed by atoms with Gasteiger partial charge in [-0.2, -0.15) is 4.68 Å². The number of rotatable bonds is 9. The maximum Gasteiger partial charge on any atom is 0.275 e. The van der Waals surface area contributed by atoms with Crippen molar-refractivity contribution in [3.8, 4) is 0 Å². The SMILES string of the molecule is CCCNC(=O)C[NH+](C)Cn1nc(Nc2ccc(C(C)C)cc2)sc1=S. The van der Waals surface area contributed by atoms with Gasteiger partial charge in [0.15, 0.2) is 17.2 Å². The summed E-state index contributed by atoms with van der Waals surface area (Å²) in [5.74, 6) is 0.563. The van der Waals surface area contributed by atoms with Crippen LogP contribution in [0.15, 0.2) is 24.3 Å². The number of aromatic nitrogens is 2. The zero-order chi connectivity index (χ0) is 19.1. The van der Waals surface area contributed by atoms with Gasteiger partial charge in [-0.15, -0.1) is 5.10 Å². The number of carbonyl (C=O) groups excluding carboxylic acids is 1. The monoisotopic (exact) mass is 394 g/mol. The predicted octanol–water partition coefficient (Wildman–Crippen LogP) is 2.54. The molecule has 1 aromatic carbocycles. The van der Waals surface area contributed by atoms with Crippen LogP contribution in [0.25, 0.3) is 0 Å². The highest BCUT2D eigenvalue weighted by Crippen LogP contribution is 2.22. The lowest BCUT2D eigenvalue weighted by Gasteiger charge is -2.13. The van der Waals surface area contributed by atoms with Crippen molar-refractivity contribution < 1.29 is 9.69 Å². The van der Waals surface area contributed by atoms with E-state index in [0.717, 1.165) is 22.1 Å². The first-order chi connectivity index (χ1) is 12.4. The second-order valence-electron chi connectivity index (χ2n) is 6.72. The first-order valence-electron chi connectivity index (χ1n) is 8.92. The third-order valence-electron chi connectivity index (χ3n) is 3.89. The zero-order valence-electron chi connectivity index (χ0n) is 15.8. The second-order valence-corrected chi connectivity index (χ2v) is 8.34. The van der Waals surface area contributed by atoms with Crippen molar-refractivity contribution in [1.29, 1.82) is 0 Å². The molecule has 26 heavy (non-hydrogen) atoms. The Labute approximate surface area is 164 Å². The first kappa shape index (κ1) is 20.5. The predicted molar refractivity (Wildman–Crippen MR) is 110 cm³/mol. The van der Waals surface area contributed by atoms with Gasteiger partial charge < -0.3 is 15.5 Å². The number of anilines is 2. The van der Waals surface area contributed by atoms with E-state index in [9.17, 15) is 4.79 Å². The highest BCUT2D eigenvalue weighted by molar-refractivity contribution is 7.73. The number of benzene rings is 1. The fraction of sp³-hybridized carbons (Fsp3) is 0.500. The molecule has 6 nitrogen and oxygen atoms in total. The first-order valence-corrected chi connectivity index (χ1v) is 10.1. The molecule has 1 amide bonds. The van der Waals surface area contributed by atoms with Gasteiger partial charge in [-0.3, -0.25) is 4.79 Å². The molecule has 0 radical (unpaired) electrons. The van der Waals surface area contributed by atoms with E-state index >= 15 is 0 Å². The Hall–Kier alpha value is -1.77. The van der Waals surface area contributed by atoms with Crippen molar-refractivity contribution in [3.05, 3.63) is 33.8 Å². The molecular formula is C18H28N5OS2+. The third-order valence-corrected chi connectivity index (χ3v) is 5.11. The molecule has 0 aliphatic heterocycles. The summed E-state index contributed by atoms with van der Waals surface area (Å²) in [7, 11) is 1.96. The van der Waals surface area contributed by atoms with Crippen LogP contribution in [0.3, 0.4) is 0 Å². The highest BCUT2D eigenvalue weighted by Gasteiger charge is 2.12. The van der Waals surface area contributed by atoms with Crippen LogP contribution in [0.2, 0.25) is 0 Å². The van der Waals surface area contributed by atoms with E-state index in [2.05, 4.69) is 53.8 Å². The smallest absolute Gasteiger partial charge is 0.275 e. The number of hydrogen-bond acceptors (Lipinski definition) is 5. The summed E-state index contributed by atoms with van der Waals surface area (Å²) in [5, 5.41) is 11.5. The molecule has 1 heterocycles. The molecule has 0 aliphatic carbocycles. The van der Waals surface area contributed by atoms with Gasteiger partial charge in [-0.1, -0.05) is 44.2 Å². The molecule has 0 bridgehead atoms. The van der Waals surface area contributed by atoms with Gasteiger partial charge in [0.25, 0.3) is 5.91 Å². The minimum absolute atomic E-state index is 0.0506. The summed E-state index contributed by atoms with van der Waals surface area (Å²) in [4.78, 5) is 12.8. The molecule has 1 atom stereocenters. The van der Waals surface area contributed by atoms with Gasteiger partial charge in [0, 0.05) is 12.2 Å². The number of carbonyl (C=O) groups is 1. The fourth-order valence-corrected chi connectivity index (χ4v) is 3.47. The standard InChI is InChI=1S/C18H27N5OS2/c1-5-10-19-16(24)11-22(4)12-23-18(25)26-17(21-23)20-15-8-6-14(7-9-15)13(2)3/h6-9,13H,5,10-12H2,1-4H3,(H,19,24)(H,20,21)/p+1. The normalized spacial score (nSPS) is 12.2. The van der Waals surface area contributed by atoms with Gasteiger partial charge in [0.2, 0.25) is 5.13 Å². The molecule has 3 N–H and O–H groups in total. The maximum absolute atomic E-state index is 11.8. The Kier molecular flexibility index (Phi) is 7.74. The lowest BCUT2D eigenvalue weighted by Crippen LogP contribution is -3.09. The second kappa shape index (κ2) is 9.80. The average Bonchev–Trinajstić information content (AvgIpc) is 2.92. The van der Waals surface area contributed by atoms with Gasteiger partial charge in [-0.25, -0.2) is 0 Å². The van der Waals surface area contributed by atoms with Crippen LogP contribution in [0.5, 0.6) is 0 Å². The van der Waals surface area contributed by atoms with Crippen LogP contribution in [-0.2, 0) is 11.5 Å².